The largest absolute Gasteiger partial charge is 0.465 e. The van der Waals surface area contributed by atoms with Crippen LogP contribution in [-0.4, -0.2) is 25.5 Å². The zero-order valence-electron chi connectivity index (χ0n) is 12.8. The zero-order chi connectivity index (χ0) is 17.3. The van der Waals surface area contributed by atoms with E-state index in [2.05, 4.69) is 0 Å². The average molecular weight is 364 g/mol. The Labute approximate surface area is 144 Å². The van der Waals surface area contributed by atoms with Gasteiger partial charge in [0.1, 0.15) is 0 Å². The summed E-state index contributed by atoms with van der Waals surface area (Å²) in [4.78, 5) is 11.9. The van der Waals surface area contributed by atoms with Crippen LogP contribution >= 0.6 is 11.6 Å². The van der Waals surface area contributed by atoms with Gasteiger partial charge in [0.05, 0.1) is 23.9 Å². The molecule has 7 heteroatoms. The van der Waals surface area contributed by atoms with Crippen LogP contribution in [0.25, 0.3) is 10.9 Å². The second kappa shape index (κ2) is 6.30. The van der Waals surface area contributed by atoms with Crippen molar-refractivity contribution in [2.75, 3.05) is 7.11 Å². The molecule has 0 amide bonds. The highest BCUT2D eigenvalue weighted by Crippen LogP contribution is 2.25. The van der Waals surface area contributed by atoms with E-state index >= 15 is 0 Å². The Hall–Kier alpha value is -2.31. The van der Waals surface area contributed by atoms with E-state index in [-0.39, 0.29) is 11.3 Å². The van der Waals surface area contributed by atoms with Crippen LogP contribution in [0.15, 0.2) is 54.7 Å². The Balaban J connectivity index is 2.13. The molecule has 0 radical (unpaired) electrons. The number of fused-ring (bicyclic) bond motifs is 1. The Morgan fingerprint density at radius 1 is 1.17 bits per heavy atom. The summed E-state index contributed by atoms with van der Waals surface area (Å²) in [6.45, 7) is 0. The predicted molar refractivity (Wildman–Crippen MR) is 92.8 cm³/mol. The van der Waals surface area contributed by atoms with Crippen LogP contribution in [0.1, 0.15) is 15.9 Å². The quantitative estimate of drug-likeness (QED) is 0.666. The molecule has 0 bridgehead atoms. The first-order chi connectivity index (χ1) is 11.4. The van der Waals surface area contributed by atoms with Gasteiger partial charge in [-0.2, -0.15) is 0 Å². The van der Waals surface area contributed by atoms with E-state index < -0.39 is 16.0 Å². The molecule has 0 saturated carbocycles. The number of carbonyl (C=O) groups excluding carboxylic acids is 1. The van der Waals surface area contributed by atoms with Crippen LogP contribution in [0, 0.1) is 0 Å². The molecular weight excluding hydrogens is 350 g/mol. The lowest BCUT2D eigenvalue weighted by atomic mass is 10.2. The molecule has 1 heterocycles. The molecule has 3 rings (SSSR count). The minimum Gasteiger partial charge on any atom is -0.465 e. The molecule has 0 spiro atoms. The maximum absolute atomic E-state index is 12.8. The summed E-state index contributed by atoms with van der Waals surface area (Å²) in [5.41, 5.74) is 1.21. The standard InChI is InChI=1S/C17H14ClNO4S/c1-23-17(20)15-10-19(16-8-3-2-7-14(15)16)24(21,22)11-12-5-4-6-13(18)9-12/h2-10H,11H2,1H3. The van der Waals surface area contributed by atoms with Gasteiger partial charge in [0, 0.05) is 16.6 Å². The molecule has 3 aromatic rings. The molecular formula is C17H14ClNO4S. The number of esters is 1. The average Bonchev–Trinajstić information content (AvgIpc) is 2.94. The number of hydrogen-bond donors (Lipinski definition) is 0. The highest BCUT2D eigenvalue weighted by atomic mass is 35.5. The van der Waals surface area contributed by atoms with Crippen LogP contribution in [0.3, 0.4) is 0 Å². The molecule has 0 aliphatic heterocycles. The summed E-state index contributed by atoms with van der Waals surface area (Å²) in [5.74, 6) is -0.810. The van der Waals surface area contributed by atoms with Crippen molar-refractivity contribution in [2.45, 2.75) is 5.75 Å². The fourth-order valence-electron chi connectivity index (χ4n) is 2.56. The van der Waals surface area contributed by atoms with Gasteiger partial charge in [-0.25, -0.2) is 17.2 Å². The molecule has 0 aliphatic carbocycles. The van der Waals surface area contributed by atoms with Gasteiger partial charge in [-0.05, 0) is 23.8 Å². The molecule has 124 valence electrons. The lowest BCUT2D eigenvalue weighted by Crippen LogP contribution is -2.14. The Morgan fingerprint density at radius 3 is 2.62 bits per heavy atom. The van der Waals surface area contributed by atoms with Crippen LogP contribution in [0.5, 0.6) is 0 Å². The van der Waals surface area contributed by atoms with E-state index in [0.717, 1.165) is 3.97 Å². The van der Waals surface area contributed by atoms with E-state index in [9.17, 15) is 13.2 Å². The fourth-order valence-corrected chi connectivity index (χ4v) is 4.24. The molecule has 0 aliphatic rings. The van der Waals surface area contributed by atoms with E-state index in [4.69, 9.17) is 16.3 Å². The first-order valence-corrected chi connectivity index (χ1v) is 9.07. The van der Waals surface area contributed by atoms with Gasteiger partial charge in [-0.1, -0.05) is 41.9 Å². The third kappa shape index (κ3) is 3.02. The van der Waals surface area contributed by atoms with E-state index in [1.165, 1.54) is 13.3 Å². The van der Waals surface area contributed by atoms with Crippen LogP contribution in [0.4, 0.5) is 0 Å². The van der Waals surface area contributed by atoms with Crippen molar-refractivity contribution in [3.63, 3.8) is 0 Å². The van der Waals surface area contributed by atoms with Gasteiger partial charge < -0.3 is 4.74 Å². The Kier molecular flexibility index (Phi) is 4.34. The summed E-state index contributed by atoms with van der Waals surface area (Å²) in [6.07, 6.45) is 1.30. The number of ether oxygens (including phenoxy) is 1. The van der Waals surface area contributed by atoms with Gasteiger partial charge in [-0.15, -0.1) is 0 Å². The summed E-state index contributed by atoms with van der Waals surface area (Å²) in [5, 5.41) is 0.995. The number of rotatable bonds is 4. The van der Waals surface area contributed by atoms with Crippen molar-refractivity contribution in [2.24, 2.45) is 0 Å². The maximum Gasteiger partial charge on any atom is 0.340 e. The van der Waals surface area contributed by atoms with E-state index in [1.807, 2.05) is 0 Å². The number of aromatic nitrogens is 1. The lowest BCUT2D eigenvalue weighted by molar-refractivity contribution is 0.0603. The first-order valence-electron chi connectivity index (χ1n) is 7.08. The molecule has 0 atom stereocenters. The number of methoxy groups -OCH3 is 1. The topological polar surface area (TPSA) is 65.4 Å². The van der Waals surface area contributed by atoms with Crippen LogP contribution in [-0.2, 0) is 20.5 Å². The van der Waals surface area contributed by atoms with Gasteiger partial charge in [0.25, 0.3) is 0 Å². The van der Waals surface area contributed by atoms with Crippen molar-refractivity contribution in [1.82, 2.24) is 3.97 Å². The van der Waals surface area contributed by atoms with Crippen molar-refractivity contribution >= 4 is 38.5 Å². The fraction of sp³-hybridized carbons (Fsp3) is 0.118. The second-order valence-electron chi connectivity index (χ2n) is 5.23. The Morgan fingerprint density at radius 2 is 1.92 bits per heavy atom. The van der Waals surface area contributed by atoms with Gasteiger partial charge in [0.15, 0.2) is 0 Å². The van der Waals surface area contributed by atoms with E-state index in [1.54, 1.807) is 48.5 Å². The SMILES string of the molecule is COC(=O)c1cn(S(=O)(=O)Cc2cccc(Cl)c2)c2ccccc12. The monoisotopic (exact) mass is 363 g/mol. The third-order valence-electron chi connectivity index (χ3n) is 3.62. The molecule has 24 heavy (non-hydrogen) atoms. The Bertz CT molecular complexity index is 1020. The van der Waals surface area contributed by atoms with Gasteiger partial charge in [-0.3, -0.25) is 0 Å². The highest BCUT2D eigenvalue weighted by Gasteiger charge is 2.22. The smallest absolute Gasteiger partial charge is 0.340 e. The van der Waals surface area contributed by atoms with Crippen molar-refractivity contribution < 1.29 is 17.9 Å². The minimum atomic E-state index is -3.73. The summed E-state index contributed by atoms with van der Waals surface area (Å²) in [7, 11) is -2.47. The number of halogens is 1. The van der Waals surface area contributed by atoms with Gasteiger partial charge in [0.2, 0.25) is 10.0 Å². The predicted octanol–water partition coefficient (Wildman–Crippen LogP) is 3.46. The molecule has 0 N–H and O–H groups in total. The normalized spacial score (nSPS) is 11.6. The molecule has 0 unspecified atom stereocenters. The van der Waals surface area contributed by atoms with Crippen molar-refractivity contribution in [1.29, 1.82) is 0 Å². The number of benzene rings is 2. The van der Waals surface area contributed by atoms with Crippen LogP contribution in [0.2, 0.25) is 5.02 Å². The number of para-hydroxylation sites is 1. The molecule has 0 fully saturated rings. The molecule has 5 nitrogen and oxygen atoms in total. The molecule has 0 saturated heterocycles. The minimum absolute atomic E-state index is 0.211. The van der Waals surface area contributed by atoms with Gasteiger partial charge >= 0.3 is 5.97 Å². The first kappa shape index (κ1) is 16.5. The van der Waals surface area contributed by atoms with E-state index in [0.29, 0.717) is 21.5 Å². The molecule has 2 aromatic carbocycles. The lowest BCUT2D eigenvalue weighted by Gasteiger charge is -2.08. The number of hydrogen-bond acceptors (Lipinski definition) is 4. The molecule has 1 aromatic heterocycles. The number of carbonyl (C=O) groups is 1. The maximum atomic E-state index is 12.8. The highest BCUT2D eigenvalue weighted by molar-refractivity contribution is 7.89. The zero-order valence-corrected chi connectivity index (χ0v) is 14.3. The summed E-state index contributed by atoms with van der Waals surface area (Å²) >= 11 is 5.92. The number of nitrogens with zero attached hydrogens (tertiary/aromatic N) is 1. The third-order valence-corrected chi connectivity index (χ3v) is 5.46. The second-order valence-corrected chi connectivity index (χ2v) is 7.52. The summed E-state index contributed by atoms with van der Waals surface area (Å²) < 4.78 is 31.5. The van der Waals surface area contributed by atoms with Crippen molar-refractivity contribution in [3.05, 3.63) is 70.9 Å². The van der Waals surface area contributed by atoms with Crippen molar-refractivity contribution in [3.8, 4) is 0 Å². The van der Waals surface area contributed by atoms with Crippen LogP contribution < -0.4 is 0 Å². The summed E-state index contributed by atoms with van der Waals surface area (Å²) in [6, 6.07) is 13.5.